The number of halogens is 3. The molecule has 18 heteroatoms. The van der Waals surface area contributed by atoms with Gasteiger partial charge in [-0.1, -0.05) is 161 Å². The smallest absolute Gasteiger partial charge is 0.254 e. The lowest BCUT2D eigenvalue weighted by Crippen LogP contribution is -2.57. The minimum absolute atomic E-state index is 0.168. The second kappa shape index (κ2) is 29.3. The average Bonchev–Trinajstić information content (AvgIpc) is 1.90. The van der Waals surface area contributed by atoms with E-state index in [2.05, 4.69) is 41.7 Å². The molecule has 0 unspecified atom stereocenters. The van der Waals surface area contributed by atoms with Crippen LogP contribution in [-0.2, 0) is 6.54 Å². The monoisotopic (exact) mass is 1210 g/mol. The zero-order valence-corrected chi connectivity index (χ0v) is 50.7. The van der Waals surface area contributed by atoms with Crippen LogP contribution in [0.3, 0.4) is 0 Å². The molecule has 0 spiro atoms. The molecule has 3 aliphatic heterocycles. The van der Waals surface area contributed by atoms with Crippen LogP contribution < -0.4 is 11.6 Å². The number of benzene rings is 6. The fourth-order valence-corrected chi connectivity index (χ4v) is 11.4. The summed E-state index contributed by atoms with van der Waals surface area (Å²) in [6.45, 7) is 13.2. The summed E-state index contributed by atoms with van der Waals surface area (Å²) in [6, 6.07) is 49.1. The molecule has 90 heavy (non-hydrogen) atoms. The van der Waals surface area contributed by atoms with Crippen molar-refractivity contribution >= 4 is 52.9 Å². The summed E-state index contributed by atoms with van der Waals surface area (Å²) < 4.78 is 62.2. The van der Waals surface area contributed by atoms with Crippen LogP contribution in [0.4, 0.5) is 24.9 Å². The number of hydrogen-bond acceptors (Lipinski definition) is 10. The van der Waals surface area contributed by atoms with Crippen molar-refractivity contribution in [3.05, 3.63) is 233 Å². The highest BCUT2D eigenvalue weighted by Gasteiger charge is 2.29. The van der Waals surface area contributed by atoms with Gasteiger partial charge in [-0.25, -0.2) is 29.0 Å². The van der Waals surface area contributed by atoms with Crippen molar-refractivity contribution in [1.29, 1.82) is 0 Å². The van der Waals surface area contributed by atoms with Gasteiger partial charge in [0.1, 0.15) is 28.8 Å². The maximum Gasteiger partial charge on any atom is 0.254 e. The molecule has 0 amide bonds. The number of guanidine groups is 3. The van der Waals surface area contributed by atoms with Crippen LogP contribution in [0.25, 0.3) is 56.7 Å². The highest BCUT2D eigenvalue weighted by Crippen LogP contribution is 2.34. The van der Waals surface area contributed by atoms with Crippen LogP contribution in [0.15, 0.2) is 204 Å². The number of hydrogen-bond donors (Lipinski definition) is 2. The van der Waals surface area contributed by atoms with Crippen LogP contribution in [0.2, 0.25) is 0 Å². The maximum atomic E-state index is 15.6. The summed E-state index contributed by atoms with van der Waals surface area (Å²) >= 11 is 0. The molecular weight excluding hydrogens is 1140 g/mol. The molecule has 9 aromatic rings. The fourth-order valence-electron chi connectivity index (χ4n) is 11.4. The average molecular weight is 1210 g/mol. The predicted octanol–water partition coefficient (Wildman–Crippen LogP) is 16.0. The minimum atomic E-state index is -0.349. The van der Waals surface area contributed by atoms with E-state index in [4.69, 9.17) is 35.1 Å². The summed E-state index contributed by atoms with van der Waals surface area (Å²) in [5, 5.41) is 14.2. The van der Waals surface area contributed by atoms with Gasteiger partial charge in [0.25, 0.3) is 5.88 Å². The van der Waals surface area contributed by atoms with Gasteiger partial charge in [0.05, 0.1) is 6.54 Å². The van der Waals surface area contributed by atoms with Gasteiger partial charge in [-0.3, -0.25) is 0 Å². The Morgan fingerprint density at radius 2 is 1.07 bits per heavy atom. The van der Waals surface area contributed by atoms with Crippen molar-refractivity contribution in [1.82, 2.24) is 35.2 Å². The molecule has 460 valence electrons. The van der Waals surface area contributed by atoms with Gasteiger partial charge < -0.3 is 34.0 Å². The number of rotatable bonds is 13. The van der Waals surface area contributed by atoms with E-state index >= 15 is 8.78 Å². The number of piperidine rings is 3. The Labute approximate surface area is 522 Å². The highest BCUT2D eigenvalue weighted by atomic mass is 19.1. The lowest BCUT2D eigenvalue weighted by Gasteiger charge is -2.38. The molecule has 3 saturated heterocycles. The van der Waals surface area contributed by atoms with E-state index in [-0.39, 0.29) is 29.9 Å². The quantitative estimate of drug-likeness (QED) is 0.0483. The van der Waals surface area contributed by atoms with Crippen LogP contribution in [0.5, 0.6) is 0 Å². The Morgan fingerprint density at radius 3 is 1.62 bits per heavy atom. The van der Waals surface area contributed by atoms with Gasteiger partial charge >= 0.3 is 0 Å². The molecule has 3 aliphatic rings. The zero-order chi connectivity index (χ0) is 62.3. The lowest BCUT2D eigenvalue weighted by molar-refractivity contribution is 0.280. The normalized spacial score (nSPS) is 15.0. The SMILES string of the molecule is C=C(c1ccc(-c2ccccc2)c(F)c1)c1cc(CN=C(N2CCCCC2)N(N)C(=Nc2cc(C(=C(C)C)c3ccc(-c4ccccc4)c(F)c3)no2)N2CCCCC2)no1.NC(=Nc1cc(C=Cc2ccc(-c3ccccc3)c(F)c2)on1)N1CCCCC1. The first-order chi connectivity index (χ1) is 43.9. The molecule has 0 aliphatic carbocycles. The van der Waals surface area contributed by atoms with Gasteiger partial charge in [0.2, 0.25) is 11.9 Å². The molecule has 12 rings (SSSR count). The molecule has 3 aromatic heterocycles. The van der Waals surface area contributed by atoms with Crippen molar-refractivity contribution in [2.24, 2.45) is 26.6 Å². The third-order valence-corrected chi connectivity index (χ3v) is 16.1. The first-order valence-corrected chi connectivity index (χ1v) is 30.7. The summed E-state index contributed by atoms with van der Waals surface area (Å²) in [6.07, 6.45) is 13.2. The van der Waals surface area contributed by atoms with Gasteiger partial charge in [-0.2, -0.15) is 9.98 Å². The Morgan fingerprint density at radius 1 is 0.544 bits per heavy atom. The van der Waals surface area contributed by atoms with Crippen LogP contribution in [-0.4, -0.2) is 92.3 Å². The van der Waals surface area contributed by atoms with E-state index in [1.807, 2.05) is 123 Å². The molecule has 0 bridgehead atoms. The van der Waals surface area contributed by atoms with E-state index in [9.17, 15) is 4.39 Å². The Bertz CT molecular complexity index is 4060. The minimum Gasteiger partial charge on any atom is -0.369 e. The topological polar surface area (TPSA) is 180 Å². The number of nitrogens with two attached hydrogens (primary N) is 2. The van der Waals surface area contributed by atoms with E-state index < -0.39 is 0 Å². The molecule has 3 fully saturated rings. The Balaban J connectivity index is 0.000000239. The molecule has 0 atom stereocenters. The fraction of sp³-hybridized carbons (Fsp3) is 0.250. The largest absolute Gasteiger partial charge is 0.369 e. The van der Waals surface area contributed by atoms with E-state index in [1.54, 1.807) is 59.6 Å². The number of aromatic nitrogens is 3. The number of hydrazine groups is 1. The van der Waals surface area contributed by atoms with Crippen molar-refractivity contribution in [3.63, 3.8) is 0 Å². The van der Waals surface area contributed by atoms with Crippen molar-refractivity contribution in [3.8, 4) is 33.4 Å². The number of allylic oxidation sites excluding steroid dienone is 1. The molecule has 6 aromatic carbocycles. The number of likely N-dealkylation sites (tertiary alicyclic amines) is 3. The number of nitrogens with zero attached hydrogens (tertiary/aromatic N) is 10. The number of aliphatic imine (C=N–C) groups is 3. The van der Waals surface area contributed by atoms with Gasteiger partial charge in [-0.15, -0.1) is 0 Å². The summed E-state index contributed by atoms with van der Waals surface area (Å²) in [4.78, 5) is 20.8. The van der Waals surface area contributed by atoms with Crippen molar-refractivity contribution in [2.45, 2.75) is 78.2 Å². The second-order valence-electron chi connectivity index (χ2n) is 22.7. The van der Waals surface area contributed by atoms with E-state index in [0.717, 1.165) is 124 Å². The molecule has 0 radical (unpaired) electrons. The molecule has 4 N–H and O–H groups in total. The van der Waals surface area contributed by atoms with Crippen molar-refractivity contribution in [2.75, 3.05) is 39.3 Å². The van der Waals surface area contributed by atoms with Crippen molar-refractivity contribution < 1.29 is 26.7 Å². The zero-order valence-electron chi connectivity index (χ0n) is 50.7. The lowest BCUT2D eigenvalue weighted by atomic mass is 9.95. The van der Waals surface area contributed by atoms with Gasteiger partial charge in [-0.05, 0) is 129 Å². The summed E-state index contributed by atoms with van der Waals surface area (Å²) in [5.74, 6) is 9.30. The predicted molar refractivity (Wildman–Crippen MR) is 351 cm³/mol. The van der Waals surface area contributed by atoms with E-state index in [1.165, 1.54) is 18.6 Å². The third kappa shape index (κ3) is 15.2. The second-order valence-corrected chi connectivity index (χ2v) is 22.7. The highest BCUT2D eigenvalue weighted by molar-refractivity contribution is 5.99. The standard InChI is InChI=1S/C49H50F2N8O2.C23H23FN4O/c1-33(2)47(38-21-23-41(43(51)29-38)36-18-10-5-11-19-36)44-31-46(61-56-44)54-49(58-26-14-7-15-27-58)59(52)48(57-24-12-6-13-25-57)53-32-39-30-45(60-55-39)34(3)37-20-22-40(42(50)28-37)35-16-8-4-9-17-35;24-21-15-17(10-12-20(21)18-7-3-1-4-8-18)9-11-19-16-22(27-29-19)26-23(25)28-13-5-2-6-14-28/h4-5,8-11,16-23,28-31H,3,6-7,12-15,24-27,32,52H2,1-2H3;1,3-4,7-12,15-16H,2,5-6,13-14H2,(H2,25,26,27). The summed E-state index contributed by atoms with van der Waals surface area (Å²) in [5.41, 5.74) is 15.5. The van der Waals surface area contributed by atoms with E-state index in [0.29, 0.717) is 80.0 Å². The Kier molecular flexibility index (Phi) is 20.0. The maximum absolute atomic E-state index is 15.6. The first kappa shape index (κ1) is 61.6. The van der Waals surface area contributed by atoms with Crippen LogP contribution >= 0.6 is 0 Å². The molecule has 0 saturated carbocycles. The molecule has 6 heterocycles. The Hall–Kier alpha value is -10.1. The third-order valence-electron chi connectivity index (χ3n) is 16.1. The summed E-state index contributed by atoms with van der Waals surface area (Å²) in [7, 11) is 0. The van der Waals surface area contributed by atoms with Crippen LogP contribution in [0.1, 0.15) is 111 Å². The first-order valence-electron chi connectivity index (χ1n) is 30.7. The molecule has 15 nitrogen and oxygen atoms in total. The molecular formula is C72H73F3N12O3. The van der Waals surface area contributed by atoms with Crippen LogP contribution in [0, 0.1) is 17.5 Å². The van der Waals surface area contributed by atoms with Gasteiger partial charge in [0, 0.05) is 85.3 Å². The van der Waals surface area contributed by atoms with Gasteiger partial charge in [0.15, 0.2) is 23.3 Å².